The van der Waals surface area contributed by atoms with Crippen molar-refractivity contribution in [2.75, 3.05) is 19.6 Å². The van der Waals surface area contributed by atoms with Gasteiger partial charge in [0, 0.05) is 25.7 Å². The zero-order valence-corrected chi connectivity index (χ0v) is 15.0. The molecule has 0 spiro atoms. The highest BCUT2D eigenvalue weighted by molar-refractivity contribution is 5.96. The lowest BCUT2D eigenvalue weighted by Gasteiger charge is -2.35. The van der Waals surface area contributed by atoms with Gasteiger partial charge in [0.25, 0.3) is 5.91 Å². The van der Waals surface area contributed by atoms with Crippen molar-refractivity contribution in [2.45, 2.75) is 46.6 Å². The molecule has 3 fully saturated rings. The number of piperidine rings is 1. The Labute approximate surface area is 143 Å². The second-order valence-corrected chi connectivity index (χ2v) is 7.24. The third-order valence-corrected chi connectivity index (χ3v) is 5.05. The first-order valence-corrected chi connectivity index (χ1v) is 8.67. The number of furan rings is 1. The van der Waals surface area contributed by atoms with Crippen LogP contribution in [0.15, 0.2) is 22.1 Å². The van der Waals surface area contributed by atoms with E-state index in [1.165, 1.54) is 5.57 Å². The number of hydrogen-bond donors (Lipinski definition) is 0. The maximum absolute atomic E-state index is 12.9. The van der Waals surface area contributed by atoms with Crippen molar-refractivity contribution in [3.8, 4) is 0 Å². The first kappa shape index (κ1) is 16.8. The number of rotatable bonds is 3. The second kappa shape index (κ2) is 6.46. The molecule has 2 atom stereocenters. The van der Waals surface area contributed by atoms with Gasteiger partial charge < -0.3 is 14.2 Å². The van der Waals surface area contributed by atoms with Gasteiger partial charge in [0.05, 0.1) is 11.5 Å². The van der Waals surface area contributed by atoms with Gasteiger partial charge in [0.1, 0.15) is 11.5 Å². The van der Waals surface area contributed by atoms with E-state index in [4.69, 9.17) is 4.42 Å². The van der Waals surface area contributed by atoms with Gasteiger partial charge >= 0.3 is 0 Å². The maximum atomic E-state index is 12.9. The number of carbonyl (C=O) groups excluding carboxylic acids is 2. The summed E-state index contributed by atoms with van der Waals surface area (Å²) in [4.78, 5) is 29.5. The molecule has 0 unspecified atom stereocenters. The van der Waals surface area contributed by atoms with Crippen LogP contribution in [0.25, 0.3) is 0 Å². The lowest BCUT2D eigenvalue weighted by Crippen LogP contribution is -2.48. The van der Waals surface area contributed by atoms with Crippen LogP contribution in [0.2, 0.25) is 0 Å². The summed E-state index contributed by atoms with van der Waals surface area (Å²) in [7, 11) is 0. The first-order valence-electron chi connectivity index (χ1n) is 8.67. The minimum absolute atomic E-state index is 0.0156. The Morgan fingerprint density at radius 1 is 1.29 bits per heavy atom. The molecular weight excluding hydrogens is 304 g/mol. The van der Waals surface area contributed by atoms with Crippen molar-refractivity contribution >= 4 is 11.8 Å². The maximum Gasteiger partial charge on any atom is 0.257 e. The minimum Gasteiger partial charge on any atom is -0.466 e. The van der Waals surface area contributed by atoms with Gasteiger partial charge in [0.2, 0.25) is 5.91 Å². The molecule has 2 bridgehead atoms. The number of carbonyl (C=O) groups is 2. The molecule has 1 aromatic heterocycles. The van der Waals surface area contributed by atoms with Crippen molar-refractivity contribution in [3.05, 3.63) is 34.8 Å². The number of nitrogens with zero attached hydrogens (tertiary/aromatic N) is 2. The highest BCUT2D eigenvalue weighted by Gasteiger charge is 2.41. The highest BCUT2D eigenvalue weighted by atomic mass is 16.3. The number of amides is 2. The molecule has 0 radical (unpaired) electrons. The smallest absolute Gasteiger partial charge is 0.257 e. The van der Waals surface area contributed by atoms with Crippen LogP contribution in [0.4, 0.5) is 0 Å². The summed E-state index contributed by atoms with van der Waals surface area (Å²) in [5.41, 5.74) is 1.83. The highest BCUT2D eigenvalue weighted by Crippen LogP contribution is 2.30. The second-order valence-electron chi connectivity index (χ2n) is 7.24. The lowest BCUT2D eigenvalue weighted by molar-refractivity contribution is -0.139. The zero-order chi connectivity index (χ0) is 17.4. The number of allylic oxidation sites excluding steroid dienone is 1. The van der Waals surface area contributed by atoms with E-state index in [-0.39, 0.29) is 23.8 Å². The molecule has 5 heteroatoms. The van der Waals surface area contributed by atoms with Crippen LogP contribution in [0.3, 0.4) is 0 Å². The standard InChI is InChI=1S/C19H26N2O3/c1-12(2)7-8-21-16-6-5-15(18(21)22)10-20(11-16)19(23)17-9-13(3)24-14(17)4/h7,9,15-16H,5-6,8,10-11H2,1-4H3/t15-,16+/m1/s1. The van der Waals surface area contributed by atoms with E-state index < -0.39 is 0 Å². The van der Waals surface area contributed by atoms with Gasteiger partial charge in [-0.05, 0) is 46.6 Å². The van der Waals surface area contributed by atoms with E-state index in [9.17, 15) is 9.59 Å². The normalized spacial score (nSPS) is 23.4. The number of aryl methyl sites for hydroxylation is 2. The Hall–Kier alpha value is -2.04. The van der Waals surface area contributed by atoms with Gasteiger partial charge in [-0.2, -0.15) is 0 Å². The Morgan fingerprint density at radius 2 is 2.04 bits per heavy atom. The average molecular weight is 330 g/mol. The SMILES string of the molecule is CC(C)=CCN1C(=O)[C@@H]2CC[C@H]1CN(C(=O)c1cc(C)oc1C)C2. The Kier molecular flexibility index (Phi) is 4.52. The molecule has 0 aliphatic carbocycles. The van der Waals surface area contributed by atoms with Crippen LogP contribution < -0.4 is 0 Å². The topological polar surface area (TPSA) is 53.8 Å². The summed E-state index contributed by atoms with van der Waals surface area (Å²) >= 11 is 0. The van der Waals surface area contributed by atoms with E-state index in [2.05, 4.69) is 6.08 Å². The monoisotopic (exact) mass is 330 g/mol. The molecule has 4 heterocycles. The van der Waals surface area contributed by atoms with Crippen LogP contribution >= 0.6 is 0 Å². The van der Waals surface area contributed by atoms with E-state index >= 15 is 0 Å². The van der Waals surface area contributed by atoms with E-state index in [0.717, 1.165) is 18.6 Å². The Bertz CT molecular complexity index is 685. The third kappa shape index (κ3) is 3.12. The van der Waals surface area contributed by atoms with E-state index in [0.29, 0.717) is 31.0 Å². The average Bonchev–Trinajstić information content (AvgIpc) is 2.70. The molecule has 0 aromatic carbocycles. The summed E-state index contributed by atoms with van der Waals surface area (Å²) in [5, 5.41) is 0. The van der Waals surface area contributed by atoms with Crippen LogP contribution in [0, 0.1) is 19.8 Å². The third-order valence-electron chi connectivity index (χ3n) is 5.05. The van der Waals surface area contributed by atoms with E-state index in [1.807, 2.05) is 37.5 Å². The molecule has 4 rings (SSSR count). The predicted molar refractivity (Wildman–Crippen MR) is 91.7 cm³/mol. The fourth-order valence-corrected chi connectivity index (χ4v) is 3.74. The predicted octanol–water partition coefficient (Wildman–Crippen LogP) is 2.93. The van der Waals surface area contributed by atoms with Crippen molar-refractivity contribution < 1.29 is 14.0 Å². The first-order chi connectivity index (χ1) is 11.4. The Morgan fingerprint density at radius 3 is 2.67 bits per heavy atom. The molecule has 2 amide bonds. The van der Waals surface area contributed by atoms with Gasteiger partial charge in [0.15, 0.2) is 0 Å². The molecule has 0 N–H and O–H groups in total. The molecule has 24 heavy (non-hydrogen) atoms. The number of hydrogen-bond acceptors (Lipinski definition) is 3. The summed E-state index contributed by atoms with van der Waals surface area (Å²) in [6.07, 6.45) is 3.94. The van der Waals surface area contributed by atoms with Crippen molar-refractivity contribution in [1.82, 2.24) is 9.80 Å². The van der Waals surface area contributed by atoms with Crippen LogP contribution in [-0.2, 0) is 4.79 Å². The molecule has 3 saturated heterocycles. The molecule has 3 aliphatic heterocycles. The Balaban J connectivity index is 1.82. The van der Waals surface area contributed by atoms with E-state index in [1.54, 1.807) is 6.07 Å². The van der Waals surface area contributed by atoms with Gasteiger partial charge in [-0.3, -0.25) is 9.59 Å². The van der Waals surface area contributed by atoms with Gasteiger partial charge in [-0.15, -0.1) is 0 Å². The van der Waals surface area contributed by atoms with Gasteiger partial charge in [-0.25, -0.2) is 0 Å². The largest absolute Gasteiger partial charge is 0.466 e. The fraction of sp³-hybridized carbons (Fsp3) is 0.579. The van der Waals surface area contributed by atoms with Crippen LogP contribution in [-0.4, -0.2) is 47.3 Å². The van der Waals surface area contributed by atoms with Crippen molar-refractivity contribution in [1.29, 1.82) is 0 Å². The van der Waals surface area contributed by atoms with Crippen molar-refractivity contribution in [2.24, 2.45) is 5.92 Å². The van der Waals surface area contributed by atoms with Crippen LogP contribution in [0.5, 0.6) is 0 Å². The summed E-state index contributed by atoms with van der Waals surface area (Å²) in [6, 6.07) is 1.91. The molecule has 5 nitrogen and oxygen atoms in total. The fourth-order valence-electron chi connectivity index (χ4n) is 3.74. The summed E-state index contributed by atoms with van der Waals surface area (Å²) in [5.74, 6) is 1.50. The molecule has 1 aromatic rings. The molecular formula is C19H26N2O3. The van der Waals surface area contributed by atoms with Gasteiger partial charge in [-0.1, -0.05) is 11.6 Å². The summed E-state index contributed by atoms with van der Waals surface area (Å²) < 4.78 is 5.50. The number of fused-ring (bicyclic) bond motifs is 4. The quantitative estimate of drug-likeness (QED) is 0.801. The molecule has 130 valence electrons. The van der Waals surface area contributed by atoms with Crippen molar-refractivity contribution in [3.63, 3.8) is 0 Å². The molecule has 3 aliphatic rings. The molecule has 0 saturated carbocycles. The van der Waals surface area contributed by atoms with Crippen LogP contribution in [0.1, 0.15) is 48.6 Å². The zero-order valence-electron chi connectivity index (χ0n) is 15.0. The lowest BCUT2D eigenvalue weighted by atomic mass is 9.94. The summed E-state index contributed by atoms with van der Waals surface area (Å²) in [6.45, 7) is 9.53. The minimum atomic E-state index is -0.0773.